The summed E-state index contributed by atoms with van der Waals surface area (Å²) in [6, 6.07) is 1.36. The minimum atomic E-state index is -0.138. The van der Waals surface area contributed by atoms with E-state index in [1.807, 2.05) is 6.92 Å². The molecule has 1 N–H and O–H groups in total. The van der Waals surface area contributed by atoms with E-state index in [1.54, 1.807) is 0 Å². The van der Waals surface area contributed by atoms with Crippen LogP contribution in [0, 0.1) is 0 Å². The Morgan fingerprint density at radius 3 is 2.88 bits per heavy atom. The molecule has 4 heteroatoms. The third-order valence-corrected chi connectivity index (χ3v) is 3.43. The topological polar surface area (TPSA) is 41.6 Å². The molecule has 1 aliphatic rings. The van der Waals surface area contributed by atoms with Crippen molar-refractivity contribution in [2.75, 3.05) is 20.7 Å². The van der Waals surface area contributed by atoms with Crippen molar-refractivity contribution in [2.45, 2.75) is 51.2 Å². The fourth-order valence-corrected chi connectivity index (χ4v) is 2.24. The van der Waals surface area contributed by atoms with E-state index in [0.717, 1.165) is 19.4 Å². The van der Waals surface area contributed by atoms with Crippen LogP contribution in [-0.4, -0.2) is 49.7 Å². The van der Waals surface area contributed by atoms with E-state index in [4.69, 9.17) is 0 Å². The molecule has 94 valence electrons. The molecule has 1 aliphatic heterocycles. The number of carbonyl (C=O) groups excluding carboxylic acids is 1. The van der Waals surface area contributed by atoms with Crippen LogP contribution in [0.2, 0.25) is 0 Å². The lowest BCUT2D eigenvalue weighted by atomic mass is 9.98. The second-order valence-corrected chi connectivity index (χ2v) is 4.90. The summed E-state index contributed by atoms with van der Waals surface area (Å²) >= 11 is 0. The fourth-order valence-electron chi connectivity index (χ4n) is 2.24. The summed E-state index contributed by atoms with van der Waals surface area (Å²) in [6.07, 6.45) is 2.77. The van der Waals surface area contributed by atoms with Gasteiger partial charge in [-0.05, 0) is 40.3 Å². The van der Waals surface area contributed by atoms with Gasteiger partial charge in [-0.25, -0.2) is 0 Å². The molecule has 0 aromatic carbocycles. The molecular formula is C12H24N2O2. The van der Waals surface area contributed by atoms with Gasteiger partial charge in [-0.1, -0.05) is 0 Å². The van der Waals surface area contributed by atoms with Gasteiger partial charge in [0.1, 0.15) is 0 Å². The number of nitrogens with one attached hydrogen (secondary N) is 1. The zero-order valence-corrected chi connectivity index (χ0v) is 10.8. The van der Waals surface area contributed by atoms with Gasteiger partial charge in [-0.2, -0.15) is 0 Å². The lowest BCUT2D eigenvalue weighted by Crippen LogP contribution is -2.48. The normalized spacial score (nSPS) is 28.8. The Morgan fingerprint density at radius 2 is 2.31 bits per heavy atom. The Morgan fingerprint density at radius 1 is 1.62 bits per heavy atom. The molecule has 1 saturated heterocycles. The maximum atomic E-state index is 11.1. The Hall–Kier alpha value is -0.610. The Kier molecular flexibility index (Phi) is 5.22. The number of nitrogens with zero attached hydrogens (tertiary/aromatic N) is 1. The van der Waals surface area contributed by atoms with Gasteiger partial charge in [0.15, 0.2) is 0 Å². The van der Waals surface area contributed by atoms with Gasteiger partial charge in [-0.3, -0.25) is 4.79 Å². The van der Waals surface area contributed by atoms with Crippen molar-refractivity contribution in [2.24, 2.45) is 0 Å². The van der Waals surface area contributed by atoms with Crippen LogP contribution in [0.3, 0.4) is 0 Å². The highest BCUT2D eigenvalue weighted by atomic mass is 16.5. The van der Waals surface area contributed by atoms with Gasteiger partial charge in [0.25, 0.3) is 0 Å². The van der Waals surface area contributed by atoms with Crippen LogP contribution in [0.4, 0.5) is 0 Å². The Balaban J connectivity index is 2.29. The van der Waals surface area contributed by atoms with Crippen molar-refractivity contribution in [3.8, 4) is 0 Å². The predicted octanol–water partition coefficient (Wildman–Crippen LogP) is 1.01. The molecule has 0 saturated carbocycles. The summed E-state index contributed by atoms with van der Waals surface area (Å²) in [5, 5.41) is 3.51. The van der Waals surface area contributed by atoms with E-state index >= 15 is 0 Å². The second-order valence-electron chi connectivity index (χ2n) is 4.90. The van der Waals surface area contributed by atoms with Crippen LogP contribution < -0.4 is 5.32 Å². The molecule has 1 heterocycles. The second kappa shape index (κ2) is 6.21. The van der Waals surface area contributed by atoms with Crippen molar-refractivity contribution in [1.82, 2.24) is 10.2 Å². The lowest BCUT2D eigenvalue weighted by molar-refractivity contribution is -0.141. The van der Waals surface area contributed by atoms with E-state index < -0.39 is 0 Å². The molecule has 1 rings (SSSR count). The van der Waals surface area contributed by atoms with Crippen LogP contribution >= 0.6 is 0 Å². The van der Waals surface area contributed by atoms with Crippen LogP contribution in [0.1, 0.15) is 33.1 Å². The van der Waals surface area contributed by atoms with Crippen molar-refractivity contribution in [1.29, 1.82) is 0 Å². The first-order valence-electron chi connectivity index (χ1n) is 6.06. The van der Waals surface area contributed by atoms with Crippen molar-refractivity contribution >= 4 is 5.97 Å². The van der Waals surface area contributed by atoms with E-state index in [1.165, 1.54) is 7.11 Å². The largest absolute Gasteiger partial charge is 0.469 e. The standard InChI is InChI=1S/C12H24N2O2/c1-9(7-12(15)16-4)13-11-5-6-14(3)10(2)8-11/h9-11,13H,5-8H2,1-4H3. The number of hydrogen-bond donors (Lipinski definition) is 1. The molecule has 0 aliphatic carbocycles. The predicted molar refractivity (Wildman–Crippen MR) is 64.3 cm³/mol. The van der Waals surface area contributed by atoms with Gasteiger partial charge < -0.3 is 15.0 Å². The summed E-state index contributed by atoms with van der Waals surface area (Å²) in [5.41, 5.74) is 0. The summed E-state index contributed by atoms with van der Waals surface area (Å²) < 4.78 is 4.66. The number of hydrogen-bond acceptors (Lipinski definition) is 4. The number of carbonyl (C=O) groups is 1. The molecule has 0 amide bonds. The van der Waals surface area contributed by atoms with Gasteiger partial charge in [-0.15, -0.1) is 0 Å². The van der Waals surface area contributed by atoms with Crippen LogP contribution in [0.15, 0.2) is 0 Å². The third kappa shape index (κ3) is 4.10. The van der Waals surface area contributed by atoms with Crippen molar-refractivity contribution in [3.05, 3.63) is 0 Å². The molecule has 4 nitrogen and oxygen atoms in total. The number of rotatable bonds is 4. The van der Waals surface area contributed by atoms with Crippen LogP contribution in [0.5, 0.6) is 0 Å². The van der Waals surface area contributed by atoms with Gasteiger partial charge in [0.05, 0.1) is 13.5 Å². The highest BCUT2D eigenvalue weighted by Gasteiger charge is 2.24. The van der Waals surface area contributed by atoms with Crippen molar-refractivity contribution < 1.29 is 9.53 Å². The molecular weight excluding hydrogens is 204 g/mol. The SMILES string of the molecule is COC(=O)CC(C)NC1CCN(C)C(C)C1. The molecule has 16 heavy (non-hydrogen) atoms. The first kappa shape index (κ1) is 13.5. The molecule has 0 radical (unpaired) electrons. The maximum Gasteiger partial charge on any atom is 0.307 e. The number of ether oxygens (including phenoxy) is 1. The molecule has 0 aromatic heterocycles. The lowest BCUT2D eigenvalue weighted by Gasteiger charge is -2.36. The number of methoxy groups -OCH3 is 1. The first-order valence-corrected chi connectivity index (χ1v) is 6.06. The minimum absolute atomic E-state index is 0.138. The van der Waals surface area contributed by atoms with Gasteiger partial charge >= 0.3 is 5.97 Å². The fraction of sp³-hybridized carbons (Fsp3) is 0.917. The summed E-state index contributed by atoms with van der Waals surface area (Å²) in [5.74, 6) is -0.138. The third-order valence-electron chi connectivity index (χ3n) is 3.43. The van der Waals surface area contributed by atoms with Crippen LogP contribution in [0.25, 0.3) is 0 Å². The van der Waals surface area contributed by atoms with Gasteiger partial charge in [0, 0.05) is 18.1 Å². The molecule has 3 atom stereocenters. The first-order chi connectivity index (χ1) is 7.52. The smallest absolute Gasteiger partial charge is 0.307 e. The summed E-state index contributed by atoms with van der Waals surface area (Å²) in [7, 11) is 3.60. The number of piperidine rings is 1. The average Bonchev–Trinajstić information content (AvgIpc) is 2.23. The molecule has 1 fully saturated rings. The highest BCUT2D eigenvalue weighted by Crippen LogP contribution is 2.16. The zero-order chi connectivity index (χ0) is 12.1. The quantitative estimate of drug-likeness (QED) is 0.729. The Bertz CT molecular complexity index is 233. The number of esters is 1. The molecule has 3 unspecified atom stereocenters. The Labute approximate surface area is 98.3 Å². The van der Waals surface area contributed by atoms with E-state index in [-0.39, 0.29) is 12.0 Å². The van der Waals surface area contributed by atoms with E-state index in [2.05, 4.69) is 28.9 Å². The van der Waals surface area contributed by atoms with E-state index in [0.29, 0.717) is 18.5 Å². The van der Waals surface area contributed by atoms with E-state index in [9.17, 15) is 4.79 Å². The molecule has 0 aromatic rings. The molecule has 0 bridgehead atoms. The molecule has 0 spiro atoms. The highest BCUT2D eigenvalue weighted by molar-refractivity contribution is 5.69. The number of likely N-dealkylation sites (tertiary alicyclic amines) is 1. The van der Waals surface area contributed by atoms with Crippen LogP contribution in [-0.2, 0) is 9.53 Å². The maximum absolute atomic E-state index is 11.1. The van der Waals surface area contributed by atoms with Gasteiger partial charge in [0.2, 0.25) is 0 Å². The monoisotopic (exact) mass is 228 g/mol. The van der Waals surface area contributed by atoms with Crippen molar-refractivity contribution in [3.63, 3.8) is 0 Å². The summed E-state index contributed by atoms with van der Waals surface area (Å²) in [4.78, 5) is 13.5. The average molecular weight is 228 g/mol. The minimum Gasteiger partial charge on any atom is -0.469 e. The zero-order valence-electron chi connectivity index (χ0n) is 10.8. The summed E-state index contributed by atoms with van der Waals surface area (Å²) in [6.45, 7) is 5.42.